The van der Waals surface area contributed by atoms with Crippen molar-refractivity contribution in [3.63, 3.8) is 0 Å². The van der Waals surface area contributed by atoms with Crippen molar-refractivity contribution in [1.29, 1.82) is 0 Å². The van der Waals surface area contributed by atoms with E-state index in [1.165, 1.54) is 6.21 Å². The van der Waals surface area contributed by atoms with Crippen molar-refractivity contribution in [3.8, 4) is 5.75 Å². The van der Waals surface area contributed by atoms with E-state index in [0.717, 1.165) is 21.8 Å². The van der Waals surface area contributed by atoms with Gasteiger partial charge in [0.05, 0.1) is 19.7 Å². The molecule has 0 radical (unpaired) electrons. The number of thioether (sulfide) groups is 1. The molecule has 0 spiro atoms. The number of carboxylic acids is 1. The SMILES string of the molecule is COc1ccc(Br)cc1/C=N\N=C1\NC(=O)[C@@H](CC(=O)O)S1. The number of amidine groups is 1. The molecule has 0 saturated carbocycles. The Bertz CT molecular complexity index is 663. The third-order valence-corrected chi connectivity index (χ3v) is 4.24. The molecule has 1 heterocycles. The number of benzene rings is 1. The first-order chi connectivity index (χ1) is 10.5. The van der Waals surface area contributed by atoms with Crippen LogP contribution in [0.5, 0.6) is 5.75 Å². The van der Waals surface area contributed by atoms with E-state index in [0.29, 0.717) is 5.75 Å². The van der Waals surface area contributed by atoms with Gasteiger partial charge in [-0.05, 0) is 18.2 Å². The number of nitrogens with one attached hydrogen (secondary N) is 1. The quantitative estimate of drug-likeness (QED) is 0.594. The van der Waals surface area contributed by atoms with E-state index in [9.17, 15) is 9.59 Å². The van der Waals surface area contributed by atoms with E-state index in [1.807, 2.05) is 12.1 Å². The Morgan fingerprint density at radius 2 is 2.36 bits per heavy atom. The molecular formula is C13H12BrN3O4S. The van der Waals surface area contributed by atoms with Gasteiger partial charge in [-0.15, -0.1) is 5.10 Å². The molecule has 0 bridgehead atoms. The second-order valence-electron chi connectivity index (χ2n) is 4.23. The van der Waals surface area contributed by atoms with Crippen LogP contribution in [0.1, 0.15) is 12.0 Å². The first-order valence-corrected chi connectivity index (χ1v) is 7.80. The van der Waals surface area contributed by atoms with Crippen LogP contribution in [0.4, 0.5) is 0 Å². The Morgan fingerprint density at radius 1 is 1.59 bits per heavy atom. The number of rotatable bonds is 5. The number of ether oxygens (including phenoxy) is 1. The van der Waals surface area contributed by atoms with Crippen LogP contribution in [0, 0.1) is 0 Å². The van der Waals surface area contributed by atoms with Gasteiger partial charge in [0, 0.05) is 10.0 Å². The first kappa shape index (κ1) is 16.5. The average Bonchev–Trinajstić information content (AvgIpc) is 2.78. The number of aliphatic carboxylic acids is 1. The van der Waals surface area contributed by atoms with Gasteiger partial charge < -0.3 is 15.2 Å². The molecule has 1 aliphatic heterocycles. The molecule has 1 amide bonds. The Morgan fingerprint density at radius 3 is 3.05 bits per heavy atom. The van der Waals surface area contributed by atoms with Gasteiger partial charge in [-0.3, -0.25) is 9.59 Å². The number of hydrogen-bond donors (Lipinski definition) is 2. The van der Waals surface area contributed by atoms with Gasteiger partial charge in [0.2, 0.25) is 5.91 Å². The number of hydrogen-bond acceptors (Lipinski definition) is 6. The van der Waals surface area contributed by atoms with Crippen LogP contribution in [0.3, 0.4) is 0 Å². The van der Waals surface area contributed by atoms with Crippen LogP contribution in [-0.2, 0) is 9.59 Å². The number of methoxy groups -OCH3 is 1. The minimum absolute atomic E-state index is 0.251. The normalized spacial score (nSPS) is 19.6. The van der Waals surface area contributed by atoms with Crippen molar-refractivity contribution in [2.24, 2.45) is 10.2 Å². The molecule has 2 N–H and O–H groups in total. The highest BCUT2D eigenvalue weighted by molar-refractivity contribution is 9.10. The van der Waals surface area contributed by atoms with Crippen LogP contribution in [0.15, 0.2) is 32.9 Å². The zero-order valence-electron chi connectivity index (χ0n) is 11.4. The number of carboxylic acid groups (broad SMARTS) is 1. The summed E-state index contributed by atoms with van der Waals surface area (Å²) in [5.41, 5.74) is 0.720. The number of carbonyl (C=O) groups excluding carboxylic acids is 1. The van der Waals surface area contributed by atoms with Crippen LogP contribution in [0.2, 0.25) is 0 Å². The summed E-state index contributed by atoms with van der Waals surface area (Å²) in [6.45, 7) is 0. The Balaban J connectivity index is 2.07. The molecular weight excluding hydrogens is 374 g/mol. The summed E-state index contributed by atoms with van der Waals surface area (Å²) in [7, 11) is 1.55. The summed E-state index contributed by atoms with van der Waals surface area (Å²) in [6.07, 6.45) is 1.24. The van der Waals surface area contributed by atoms with E-state index < -0.39 is 11.2 Å². The van der Waals surface area contributed by atoms with Gasteiger partial charge in [0.1, 0.15) is 11.0 Å². The molecule has 0 aromatic heterocycles. The van der Waals surface area contributed by atoms with Crippen molar-refractivity contribution in [2.45, 2.75) is 11.7 Å². The van der Waals surface area contributed by atoms with Gasteiger partial charge in [-0.2, -0.15) is 5.10 Å². The highest BCUT2D eigenvalue weighted by atomic mass is 79.9. The predicted molar refractivity (Wildman–Crippen MR) is 87.5 cm³/mol. The third-order valence-electron chi connectivity index (χ3n) is 2.67. The van der Waals surface area contributed by atoms with E-state index in [4.69, 9.17) is 9.84 Å². The Hall–Kier alpha value is -1.87. The van der Waals surface area contributed by atoms with E-state index in [1.54, 1.807) is 13.2 Å². The molecule has 1 aromatic carbocycles. The molecule has 1 fully saturated rings. The molecule has 1 saturated heterocycles. The molecule has 116 valence electrons. The highest BCUT2D eigenvalue weighted by Crippen LogP contribution is 2.23. The number of carbonyl (C=O) groups is 2. The molecule has 9 heteroatoms. The molecule has 0 aliphatic carbocycles. The lowest BCUT2D eigenvalue weighted by Gasteiger charge is -2.03. The monoisotopic (exact) mass is 385 g/mol. The van der Waals surface area contributed by atoms with E-state index in [-0.39, 0.29) is 17.5 Å². The maximum absolute atomic E-state index is 11.5. The number of nitrogens with zero attached hydrogens (tertiary/aromatic N) is 2. The first-order valence-electron chi connectivity index (χ1n) is 6.13. The molecule has 1 aromatic rings. The fourth-order valence-corrected chi connectivity index (χ4v) is 2.99. The summed E-state index contributed by atoms with van der Waals surface area (Å²) >= 11 is 4.40. The van der Waals surface area contributed by atoms with Gasteiger partial charge in [-0.1, -0.05) is 27.7 Å². The lowest BCUT2D eigenvalue weighted by atomic mass is 10.2. The lowest BCUT2D eigenvalue weighted by Crippen LogP contribution is -2.26. The maximum Gasteiger partial charge on any atom is 0.305 e. The largest absolute Gasteiger partial charge is 0.496 e. The fourth-order valence-electron chi connectivity index (χ4n) is 1.69. The molecule has 0 unspecified atom stereocenters. The summed E-state index contributed by atoms with van der Waals surface area (Å²) < 4.78 is 6.07. The molecule has 1 atom stereocenters. The zero-order chi connectivity index (χ0) is 16.1. The van der Waals surface area contributed by atoms with Crippen molar-refractivity contribution in [1.82, 2.24) is 5.32 Å². The van der Waals surface area contributed by atoms with Gasteiger partial charge in [0.15, 0.2) is 5.17 Å². The Kier molecular flexibility index (Phi) is 5.56. The molecule has 2 rings (SSSR count). The molecule has 7 nitrogen and oxygen atoms in total. The second kappa shape index (κ2) is 7.41. The minimum atomic E-state index is -1.03. The van der Waals surface area contributed by atoms with Crippen molar-refractivity contribution >= 4 is 51.0 Å². The minimum Gasteiger partial charge on any atom is -0.496 e. The standard InChI is InChI=1S/C13H12BrN3O4S/c1-21-9-3-2-8(14)4-7(9)6-15-17-13-16-12(20)10(22-13)5-11(18)19/h2-4,6,10H,5H2,1H3,(H,18,19)(H,16,17,20)/b15-6-/t10-/m1/s1. The van der Waals surface area contributed by atoms with Crippen LogP contribution in [-0.4, -0.2) is 40.7 Å². The van der Waals surface area contributed by atoms with Gasteiger partial charge in [-0.25, -0.2) is 0 Å². The summed E-state index contributed by atoms with van der Waals surface area (Å²) in [5.74, 6) is -0.767. The predicted octanol–water partition coefficient (Wildman–Crippen LogP) is 1.85. The van der Waals surface area contributed by atoms with Crippen molar-refractivity contribution in [2.75, 3.05) is 7.11 Å². The smallest absolute Gasteiger partial charge is 0.305 e. The fraction of sp³-hybridized carbons (Fsp3) is 0.231. The lowest BCUT2D eigenvalue weighted by molar-refractivity contribution is -0.138. The van der Waals surface area contributed by atoms with Gasteiger partial charge >= 0.3 is 5.97 Å². The topological polar surface area (TPSA) is 100 Å². The maximum atomic E-state index is 11.5. The van der Waals surface area contributed by atoms with Crippen molar-refractivity contribution in [3.05, 3.63) is 28.2 Å². The summed E-state index contributed by atoms with van der Waals surface area (Å²) in [6, 6.07) is 5.44. The van der Waals surface area contributed by atoms with Crippen LogP contribution in [0.25, 0.3) is 0 Å². The van der Waals surface area contributed by atoms with Gasteiger partial charge in [0.25, 0.3) is 0 Å². The summed E-state index contributed by atoms with van der Waals surface area (Å²) in [5, 5.41) is 18.6. The average molecular weight is 386 g/mol. The molecule has 22 heavy (non-hydrogen) atoms. The molecule has 1 aliphatic rings. The van der Waals surface area contributed by atoms with E-state index >= 15 is 0 Å². The Labute approximate surface area is 139 Å². The van der Waals surface area contributed by atoms with Crippen LogP contribution >= 0.6 is 27.7 Å². The number of halogens is 1. The highest BCUT2D eigenvalue weighted by Gasteiger charge is 2.32. The third kappa shape index (κ3) is 4.31. The van der Waals surface area contributed by atoms with Crippen LogP contribution < -0.4 is 10.1 Å². The zero-order valence-corrected chi connectivity index (χ0v) is 13.8. The van der Waals surface area contributed by atoms with Crippen molar-refractivity contribution < 1.29 is 19.4 Å². The number of amides is 1. The van der Waals surface area contributed by atoms with E-state index in [2.05, 4.69) is 31.4 Å². The second-order valence-corrected chi connectivity index (χ2v) is 6.34. The summed E-state index contributed by atoms with van der Waals surface area (Å²) in [4.78, 5) is 22.2.